The molecule has 0 bridgehead atoms. The number of aliphatic hydroxyl groups excluding tert-OH is 1. The summed E-state index contributed by atoms with van der Waals surface area (Å²) < 4.78 is 4.78. The molecule has 0 spiro atoms. The predicted octanol–water partition coefficient (Wildman–Crippen LogP) is -1.36. The molecule has 0 aliphatic carbocycles. The molecule has 0 aromatic heterocycles. The highest BCUT2D eigenvalue weighted by molar-refractivity contribution is 6.35. The molecule has 0 heterocycles. The van der Waals surface area contributed by atoms with Gasteiger partial charge in [0.2, 0.25) is 0 Å². The summed E-state index contributed by atoms with van der Waals surface area (Å²) in [5.41, 5.74) is 0. The summed E-state index contributed by atoms with van der Waals surface area (Å²) in [6.45, 7) is 1.27. The highest BCUT2D eigenvalue weighted by Gasteiger charge is 2.10. The van der Waals surface area contributed by atoms with Gasteiger partial charge in [0.15, 0.2) is 0 Å². The number of rotatable bonds is 7. The molecule has 0 aliphatic heterocycles. The third-order valence-corrected chi connectivity index (χ3v) is 1.64. The van der Waals surface area contributed by atoms with Crippen molar-refractivity contribution in [2.75, 3.05) is 33.4 Å². The molecule has 0 aromatic carbocycles. The first-order valence-corrected chi connectivity index (χ1v) is 4.88. The third kappa shape index (κ3) is 7.90. The molecule has 0 saturated carbocycles. The quantitative estimate of drug-likeness (QED) is 0.364. The predicted molar refractivity (Wildman–Crippen MR) is 54.2 cm³/mol. The van der Waals surface area contributed by atoms with Crippen molar-refractivity contribution < 1.29 is 19.4 Å². The number of hydrogen-bond acceptors (Lipinski definition) is 4. The van der Waals surface area contributed by atoms with E-state index in [-0.39, 0.29) is 6.61 Å². The van der Waals surface area contributed by atoms with Gasteiger partial charge in [-0.25, -0.2) is 0 Å². The van der Waals surface area contributed by atoms with Gasteiger partial charge in [0, 0.05) is 33.4 Å². The molecule has 0 rings (SSSR count). The first-order chi connectivity index (χ1) is 7.22. The van der Waals surface area contributed by atoms with Gasteiger partial charge >= 0.3 is 11.8 Å². The van der Waals surface area contributed by atoms with E-state index in [1.807, 2.05) is 0 Å². The molecule has 15 heavy (non-hydrogen) atoms. The van der Waals surface area contributed by atoms with Gasteiger partial charge in [-0.1, -0.05) is 0 Å². The number of carbonyl (C=O) groups excluding carboxylic acids is 2. The fraction of sp³-hybridized carbons (Fsp3) is 0.778. The van der Waals surface area contributed by atoms with E-state index in [4.69, 9.17) is 9.84 Å². The molecular formula is C9H18N2O4. The summed E-state index contributed by atoms with van der Waals surface area (Å²) in [7, 11) is 1.57. The smallest absolute Gasteiger partial charge is 0.309 e. The summed E-state index contributed by atoms with van der Waals surface area (Å²) in [5, 5.41) is 13.3. The van der Waals surface area contributed by atoms with Crippen molar-refractivity contribution in [2.24, 2.45) is 0 Å². The van der Waals surface area contributed by atoms with Crippen LogP contribution in [0.2, 0.25) is 0 Å². The topological polar surface area (TPSA) is 87.7 Å². The second-order valence-corrected chi connectivity index (χ2v) is 2.94. The van der Waals surface area contributed by atoms with E-state index >= 15 is 0 Å². The average molecular weight is 218 g/mol. The Morgan fingerprint density at radius 1 is 1.13 bits per heavy atom. The first kappa shape index (κ1) is 13.9. The fourth-order valence-corrected chi connectivity index (χ4v) is 0.860. The van der Waals surface area contributed by atoms with Crippen LogP contribution in [0.5, 0.6) is 0 Å². The van der Waals surface area contributed by atoms with Crippen LogP contribution in [0.3, 0.4) is 0 Å². The standard InChI is InChI=1S/C9H18N2O4/c1-15-7-3-5-11-9(14)8(13)10-4-2-6-12/h12H,2-7H2,1H3,(H,10,13)(H,11,14). The third-order valence-electron chi connectivity index (χ3n) is 1.64. The molecule has 0 atom stereocenters. The number of nitrogens with one attached hydrogen (secondary N) is 2. The molecule has 2 amide bonds. The van der Waals surface area contributed by atoms with Crippen molar-refractivity contribution in [3.05, 3.63) is 0 Å². The minimum Gasteiger partial charge on any atom is -0.396 e. The van der Waals surface area contributed by atoms with E-state index in [0.29, 0.717) is 32.5 Å². The summed E-state index contributed by atoms with van der Waals surface area (Å²) in [6, 6.07) is 0. The lowest BCUT2D eigenvalue weighted by atomic mass is 10.4. The fourth-order valence-electron chi connectivity index (χ4n) is 0.860. The van der Waals surface area contributed by atoms with Crippen LogP contribution in [0.15, 0.2) is 0 Å². The van der Waals surface area contributed by atoms with E-state index < -0.39 is 11.8 Å². The summed E-state index contributed by atoms with van der Waals surface area (Å²) >= 11 is 0. The van der Waals surface area contributed by atoms with E-state index in [9.17, 15) is 9.59 Å². The van der Waals surface area contributed by atoms with Gasteiger partial charge < -0.3 is 20.5 Å². The molecule has 0 fully saturated rings. The number of aliphatic hydroxyl groups is 1. The molecule has 88 valence electrons. The van der Waals surface area contributed by atoms with Crippen molar-refractivity contribution >= 4 is 11.8 Å². The molecule has 6 nitrogen and oxygen atoms in total. The molecule has 3 N–H and O–H groups in total. The molecule has 0 aromatic rings. The highest BCUT2D eigenvalue weighted by atomic mass is 16.5. The normalized spacial score (nSPS) is 9.73. The zero-order valence-electron chi connectivity index (χ0n) is 8.91. The number of ether oxygens (including phenoxy) is 1. The lowest BCUT2D eigenvalue weighted by molar-refractivity contribution is -0.139. The van der Waals surface area contributed by atoms with E-state index in [1.54, 1.807) is 7.11 Å². The maximum Gasteiger partial charge on any atom is 0.309 e. The van der Waals surface area contributed by atoms with Crippen LogP contribution < -0.4 is 10.6 Å². The van der Waals surface area contributed by atoms with Crippen LogP contribution >= 0.6 is 0 Å². The Morgan fingerprint density at radius 3 is 2.13 bits per heavy atom. The van der Waals surface area contributed by atoms with Gasteiger partial charge in [0.05, 0.1) is 0 Å². The van der Waals surface area contributed by atoms with Crippen molar-refractivity contribution in [1.82, 2.24) is 10.6 Å². The summed E-state index contributed by atoms with van der Waals surface area (Å²) in [6.07, 6.45) is 1.12. The Hall–Kier alpha value is -1.14. The Labute approximate surface area is 89.0 Å². The molecule has 0 saturated heterocycles. The first-order valence-electron chi connectivity index (χ1n) is 4.88. The van der Waals surface area contributed by atoms with Gasteiger partial charge in [-0.3, -0.25) is 9.59 Å². The number of carbonyl (C=O) groups is 2. The zero-order valence-corrected chi connectivity index (χ0v) is 8.91. The second-order valence-electron chi connectivity index (χ2n) is 2.94. The number of hydrogen-bond donors (Lipinski definition) is 3. The van der Waals surface area contributed by atoms with Gasteiger partial charge in [0.1, 0.15) is 0 Å². The number of methoxy groups -OCH3 is 1. The molecule has 0 unspecified atom stereocenters. The number of amides is 2. The summed E-state index contributed by atoms with van der Waals surface area (Å²) in [4.78, 5) is 22.1. The lowest BCUT2D eigenvalue weighted by Gasteiger charge is -2.05. The SMILES string of the molecule is COCCCNC(=O)C(=O)NCCCO. The molecule has 6 heteroatoms. The van der Waals surface area contributed by atoms with Crippen LogP contribution in [0, 0.1) is 0 Å². The van der Waals surface area contributed by atoms with E-state index in [1.165, 1.54) is 0 Å². The average Bonchev–Trinajstić information content (AvgIpc) is 2.24. The maximum absolute atomic E-state index is 11.1. The van der Waals surface area contributed by atoms with Crippen LogP contribution in [-0.4, -0.2) is 50.3 Å². The van der Waals surface area contributed by atoms with Gasteiger partial charge in [-0.2, -0.15) is 0 Å². The summed E-state index contributed by atoms with van der Waals surface area (Å²) in [5.74, 6) is -1.31. The molecular weight excluding hydrogens is 200 g/mol. The maximum atomic E-state index is 11.1. The van der Waals surface area contributed by atoms with Crippen LogP contribution in [-0.2, 0) is 14.3 Å². The Morgan fingerprint density at radius 2 is 1.67 bits per heavy atom. The van der Waals surface area contributed by atoms with Crippen LogP contribution in [0.4, 0.5) is 0 Å². The van der Waals surface area contributed by atoms with Gasteiger partial charge in [-0.05, 0) is 12.8 Å². The minimum atomic E-state index is -0.666. The van der Waals surface area contributed by atoms with E-state index in [2.05, 4.69) is 10.6 Å². The van der Waals surface area contributed by atoms with Crippen molar-refractivity contribution in [2.45, 2.75) is 12.8 Å². The zero-order chi connectivity index (χ0) is 11.5. The molecule has 0 aliphatic rings. The van der Waals surface area contributed by atoms with Gasteiger partial charge in [0.25, 0.3) is 0 Å². The Bertz CT molecular complexity index is 197. The second kappa shape index (κ2) is 9.42. The lowest BCUT2D eigenvalue weighted by Crippen LogP contribution is -2.40. The van der Waals surface area contributed by atoms with Crippen molar-refractivity contribution in [3.63, 3.8) is 0 Å². The van der Waals surface area contributed by atoms with Gasteiger partial charge in [-0.15, -0.1) is 0 Å². The molecule has 0 radical (unpaired) electrons. The monoisotopic (exact) mass is 218 g/mol. The van der Waals surface area contributed by atoms with Crippen molar-refractivity contribution in [1.29, 1.82) is 0 Å². The Kier molecular flexibility index (Phi) is 8.70. The largest absolute Gasteiger partial charge is 0.396 e. The Balaban J connectivity index is 3.47. The van der Waals surface area contributed by atoms with E-state index in [0.717, 1.165) is 0 Å². The van der Waals surface area contributed by atoms with Crippen LogP contribution in [0.1, 0.15) is 12.8 Å². The highest BCUT2D eigenvalue weighted by Crippen LogP contribution is 1.78. The minimum absolute atomic E-state index is 0.00423. The van der Waals surface area contributed by atoms with Crippen LogP contribution in [0.25, 0.3) is 0 Å². The van der Waals surface area contributed by atoms with Crippen molar-refractivity contribution in [3.8, 4) is 0 Å².